The first-order chi connectivity index (χ1) is 8.74. The van der Waals surface area contributed by atoms with Crippen LogP contribution < -0.4 is 0 Å². The van der Waals surface area contributed by atoms with Gasteiger partial charge in [0.25, 0.3) is 0 Å². The van der Waals surface area contributed by atoms with Crippen LogP contribution in [-0.2, 0) is 0 Å². The van der Waals surface area contributed by atoms with Crippen molar-refractivity contribution in [1.29, 1.82) is 0 Å². The first-order valence-electron chi connectivity index (χ1n) is 5.71. The second kappa shape index (κ2) is 6.80. The molecule has 1 atom stereocenters. The van der Waals surface area contributed by atoms with Crippen molar-refractivity contribution in [2.24, 2.45) is 0 Å². The summed E-state index contributed by atoms with van der Waals surface area (Å²) >= 11 is 0. The Morgan fingerprint density at radius 1 is 1.00 bits per heavy atom. The number of benzene rings is 2. The molecule has 0 spiro atoms. The first-order valence-corrected chi connectivity index (χ1v) is 5.71. The standard InChI is InChI=1S/C15H14O3.H2O/c16-10-14(17)15(18)13-9-5-4-8-12(13)11-6-2-1-3-7-11;/h1-9,14,16-17H,10H2;1H2. The minimum Gasteiger partial charge on any atom is -0.412 e. The van der Waals surface area contributed by atoms with Gasteiger partial charge in [-0.25, -0.2) is 0 Å². The van der Waals surface area contributed by atoms with E-state index in [0.29, 0.717) is 5.56 Å². The second-order valence-corrected chi connectivity index (χ2v) is 3.97. The van der Waals surface area contributed by atoms with E-state index in [1.807, 2.05) is 42.5 Å². The van der Waals surface area contributed by atoms with E-state index in [4.69, 9.17) is 5.11 Å². The lowest BCUT2D eigenvalue weighted by molar-refractivity contribution is 0.0588. The summed E-state index contributed by atoms with van der Waals surface area (Å²) in [6.07, 6.45) is -1.37. The van der Waals surface area contributed by atoms with Gasteiger partial charge >= 0.3 is 0 Å². The maximum atomic E-state index is 12.0. The van der Waals surface area contributed by atoms with Crippen molar-refractivity contribution >= 4 is 5.78 Å². The molecule has 0 amide bonds. The highest BCUT2D eigenvalue weighted by Crippen LogP contribution is 2.24. The van der Waals surface area contributed by atoms with Crippen LogP contribution in [0.4, 0.5) is 0 Å². The summed E-state index contributed by atoms with van der Waals surface area (Å²) in [7, 11) is 0. The summed E-state index contributed by atoms with van der Waals surface area (Å²) < 4.78 is 0. The number of hydrogen-bond donors (Lipinski definition) is 2. The van der Waals surface area contributed by atoms with E-state index in [9.17, 15) is 9.90 Å². The molecule has 2 aromatic carbocycles. The summed E-state index contributed by atoms with van der Waals surface area (Å²) in [5, 5.41) is 18.3. The third-order valence-corrected chi connectivity index (χ3v) is 2.75. The third-order valence-electron chi connectivity index (χ3n) is 2.75. The topological polar surface area (TPSA) is 89.0 Å². The fraction of sp³-hybridized carbons (Fsp3) is 0.133. The molecule has 0 aliphatic rings. The Labute approximate surface area is 111 Å². The Balaban J connectivity index is 0.00000180. The smallest absolute Gasteiger partial charge is 0.194 e. The first kappa shape index (κ1) is 15.0. The molecule has 2 aromatic rings. The minimum absolute atomic E-state index is 0. The molecule has 0 heterocycles. The molecule has 0 aliphatic heterocycles. The Hall–Kier alpha value is -2.01. The van der Waals surface area contributed by atoms with Crippen LogP contribution in [-0.4, -0.2) is 34.2 Å². The number of aliphatic hydroxyl groups is 2. The van der Waals surface area contributed by atoms with E-state index >= 15 is 0 Å². The number of carbonyl (C=O) groups is 1. The van der Waals surface area contributed by atoms with Crippen LogP contribution in [0.3, 0.4) is 0 Å². The molecule has 0 saturated heterocycles. The molecule has 4 N–H and O–H groups in total. The molecule has 0 radical (unpaired) electrons. The molecule has 19 heavy (non-hydrogen) atoms. The predicted octanol–water partition coefficient (Wildman–Crippen LogP) is 1.06. The summed E-state index contributed by atoms with van der Waals surface area (Å²) in [5.74, 6) is -0.461. The highest BCUT2D eigenvalue weighted by Gasteiger charge is 2.19. The van der Waals surface area contributed by atoms with Gasteiger partial charge < -0.3 is 15.7 Å². The van der Waals surface area contributed by atoms with Crippen molar-refractivity contribution in [2.45, 2.75) is 6.10 Å². The van der Waals surface area contributed by atoms with E-state index < -0.39 is 18.5 Å². The largest absolute Gasteiger partial charge is 0.412 e. The van der Waals surface area contributed by atoms with Crippen molar-refractivity contribution in [2.75, 3.05) is 6.61 Å². The van der Waals surface area contributed by atoms with Crippen LogP contribution in [0.25, 0.3) is 11.1 Å². The lowest BCUT2D eigenvalue weighted by atomic mass is 9.95. The van der Waals surface area contributed by atoms with E-state index in [1.54, 1.807) is 12.1 Å². The molecule has 0 saturated carbocycles. The third kappa shape index (κ3) is 3.26. The average molecular weight is 260 g/mol. The summed E-state index contributed by atoms with van der Waals surface area (Å²) in [6.45, 7) is -0.568. The van der Waals surface area contributed by atoms with Gasteiger partial charge in [-0.05, 0) is 11.1 Å². The number of ketones is 1. The normalized spacial score (nSPS) is 11.5. The number of rotatable bonds is 4. The molecular weight excluding hydrogens is 244 g/mol. The SMILES string of the molecule is O.O=C(c1ccccc1-c1ccccc1)C(O)CO. The highest BCUT2D eigenvalue weighted by atomic mass is 16.3. The molecule has 0 aliphatic carbocycles. The molecule has 1 unspecified atom stereocenters. The van der Waals surface area contributed by atoms with Gasteiger partial charge in [-0.3, -0.25) is 4.79 Å². The monoisotopic (exact) mass is 260 g/mol. The van der Waals surface area contributed by atoms with Crippen molar-refractivity contribution < 1.29 is 20.5 Å². The fourth-order valence-corrected chi connectivity index (χ4v) is 1.83. The Kier molecular flexibility index (Phi) is 5.38. The molecule has 2 rings (SSSR count). The highest BCUT2D eigenvalue weighted by molar-refractivity contribution is 6.04. The van der Waals surface area contributed by atoms with Gasteiger partial charge in [0.05, 0.1) is 6.61 Å². The van der Waals surface area contributed by atoms with E-state index in [-0.39, 0.29) is 5.48 Å². The lowest BCUT2D eigenvalue weighted by Crippen LogP contribution is -2.24. The van der Waals surface area contributed by atoms with Crippen LogP contribution in [0.15, 0.2) is 54.6 Å². The predicted molar refractivity (Wildman–Crippen MR) is 72.9 cm³/mol. The number of carbonyl (C=O) groups excluding carboxylic acids is 1. The number of aliphatic hydroxyl groups excluding tert-OH is 2. The molecule has 0 bridgehead atoms. The van der Waals surface area contributed by atoms with E-state index in [1.165, 1.54) is 0 Å². The van der Waals surface area contributed by atoms with Crippen molar-refractivity contribution in [1.82, 2.24) is 0 Å². The van der Waals surface area contributed by atoms with Gasteiger partial charge in [-0.15, -0.1) is 0 Å². The van der Waals surface area contributed by atoms with Crippen LogP contribution in [0.5, 0.6) is 0 Å². The number of Topliss-reactive ketones (excluding diaryl/α,β-unsaturated/α-hetero) is 1. The van der Waals surface area contributed by atoms with Crippen molar-refractivity contribution in [3.8, 4) is 11.1 Å². The van der Waals surface area contributed by atoms with Gasteiger partial charge in [-0.1, -0.05) is 54.6 Å². The van der Waals surface area contributed by atoms with E-state index in [0.717, 1.165) is 11.1 Å². The Morgan fingerprint density at radius 2 is 1.58 bits per heavy atom. The van der Waals surface area contributed by atoms with Crippen molar-refractivity contribution in [3.05, 3.63) is 60.2 Å². The van der Waals surface area contributed by atoms with Gasteiger partial charge in [0, 0.05) is 5.56 Å². The maximum absolute atomic E-state index is 12.0. The molecule has 100 valence electrons. The maximum Gasteiger partial charge on any atom is 0.194 e. The minimum atomic E-state index is -1.37. The average Bonchev–Trinajstić information content (AvgIpc) is 2.46. The Bertz CT molecular complexity index is 537. The fourth-order valence-electron chi connectivity index (χ4n) is 1.83. The quantitative estimate of drug-likeness (QED) is 0.806. The summed E-state index contributed by atoms with van der Waals surface area (Å²) in [5.41, 5.74) is 2.09. The molecule has 4 heteroatoms. The molecule has 4 nitrogen and oxygen atoms in total. The van der Waals surface area contributed by atoms with E-state index in [2.05, 4.69) is 0 Å². The molecule has 0 aromatic heterocycles. The van der Waals surface area contributed by atoms with Crippen molar-refractivity contribution in [3.63, 3.8) is 0 Å². The van der Waals surface area contributed by atoms with Gasteiger partial charge in [0.15, 0.2) is 5.78 Å². The number of hydrogen-bond acceptors (Lipinski definition) is 3. The second-order valence-electron chi connectivity index (χ2n) is 3.97. The zero-order chi connectivity index (χ0) is 13.0. The van der Waals surface area contributed by atoms with Crippen LogP contribution in [0, 0.1) is 0 Å². The Morgan fingerprint density at radius 3 is 2.21 bits per heavy atom. The molecule has 0 fully saturated rings. The van der Waals surface area contributed by atoms with Gasteiger partial charge in [0.2, 0.25) is 0 Å². The van der Waals surface area contributed by atoms with Gasteiger partial charge in [-0.2, -0.15) is 0 Å². The zero-order valence-corrected chi connectivity index (χ0v) is 10.3. The van der Waals surface area contributed by atoms with Crippen LogP contribution in [0.2, 0.25) is 0 Å². The van der Waals surface area contributed by atoms with Crippen LogP contribution in [0.1, 0.15) is 10.4 Å². The van der Waals surface area contributed by atoms with Crippen LogP contribution >= 0.6 is 0 Å². The summed E-state index contributed by atoms with van der Waals surface area (Å²) in [6, 6.07) is 16.5. The zero-order valence-electron chi connectivity index (χ0n) is 10.3. The molecular formula is C15H16O4. The summed E-state index contributed by atoms with van der Waals surface area (Å²) in [4.78, 5) is 12.0. The lowest BCUT2D eigenvalue weighted by Gasteiger charge is -2.11. The van der Waals surface area contributed by atoms with Gasteiger partial charge in [0.1, 0.15) is 6.10 Å².